The maximum atomic E-state index is 15.4. The van der Waals surface area contributed by atoms with Gasteiger partial charge in [0.15, 0.2) is 21.4 Å². The number of rotatable bonds is 8. The van der Waals surface area contributed by atoms with Crippen molar-refractivity contribution in [1.29, 1.82) is 0 Å². The molecule has 0 fully saturated rings. The van der Waals surface area contributed by atoms with Crippen LogP contribution in [-0.4, -0.2) is 39.1 Å². The van der Waals surface area contributed by atoms with Crippen molar-refractivity contribution in [3.05, 3.63) is 96.2 Å². The highest BCUT2D eigenvalue weighted by Gasteiger charge is 2.27. The number of pyridine rings is 1. The van der Waals surface area contributed by atoms with Gasteiger partial charge in [-0.15, -0.1) is 0 Å². The highest BCUT2D eigenvalue weighted by Crippen LogP contribution is 2.36. The summed E-state index contributed by atoms with van der Waals surface area (Å²) in [5.41, 5.74) is 2.04. The summed E-state index contributed by atoms with van der Waals surface area (Å²) in [6.45, 7) is 9.22. The summed E-state index contributed by atoms with van der Waals surface area (Å²) < 4.78 is 50.0. The maximum absolute atomic E-state index is 15.4. The molecule has 5 aromatic rings. The first-order valence-electron chi connectivity index (χ1n) is 13.5. The minimum absolute atomic E-state index is 0.0377. The molecule has 0 aliphatic carbocycles. The van der Waals surface area contributed by atoms with Crippen LogP contribution in [0.5, 0.6) is 11.5 Å². The molecule has 222 valence electrons. The summed E-state index contributed by atoms with van der Waals surface area (Å²) in [5, 5.41) is 6.52. The Labute approximate surface area is 248 Å². The first-order valence-corrected chi connectivity index (χ1v) is 15.1. The molecule has 43 heavy (non-hydrogen) atoms. The largest absolute Gasteiger partial charge is 0.453 e. The van der Waals surface area contributed by atoms with Gasteiger partial charge in [-0.3, -0.25) is 24.4 Å². The lowest BCUT2D eigenvalue weighted by Gasteiger charge is -2.18. The van der Waals surface area contributed by atoms with Gasteiger partial charge in [0.05, 0.1) is 40.0 Å². The SMILES string of the molecule is Cc1cc(CC(=O)Nc2cnn(C(C)(C)C)c2)cc(F)c1Oc1ccnc2ccc(S(=O)(=O)C(C)c3cnccn3)cc12. The Balaban J connectivity index is 1.38. The van der Waals surface area contributed by atoms with Crippen LogP contribution in [-0.2, 0) is 26.6 Å². The number of carbonyl (C=O) groups excluding carboxylic acids is 1. The van der Waals surface area contributed by atoms with Gasteiger partial charge in [-0.05, 0) is 76.1 Å². The van der Waals surface area contributed by atoms with Crippen LogP contribution in [0.3, 0.4) is 0 Å². The number of aryl methyl sites for hydroxylation is 1. The summed E-state index contributed by atoms with van der Waals surface area (Å²) in [4.78, 5) is 25.1. The number of carbonyl (C=O) groups is 1. The summed E-state index contributed by atoms with van der Waals surface area (Å²) in [6, 6.07) is 8.99. The minimum atomic E-state index is -3.84. The number of hydrogen-bond acceptors (Lipinski definition) is 8. The number of halogens is 1. The minimum Gasteiger partial charge on any atom is -0.453 e. The average Bonchev–Trinajstić information content (AvgIpc) is 3.44. The second-order valence-electron chi connectivity index (χ2n) is 11.2. The molecule has 0 aliphatic rings. The lowest BCUT2D eigenvalue weighted by atomic mass is 10.1. The van der Waals surface area contributed by atoms with Crippen LogP contribution in [0.4, 0.5) is 10.1 Å². The Morgan fingerprint density at radius 2 is 1.86 bits per heavy atom. The summed E-state index contributed by atoms with van der Waals surface area (Å²) in [6.07, 6.45) is 9.09. The standard InChI is InChI=1S/C31H31FN6O4S/c1-19-12-21(14-29(39)37-22-16-36-38(18-22)31(3,4)5)13-25(32)30(19)42-28-8-9-34-26-7-6-23(15-24(26)28)43(40,41)20(2)27-17-33-10-11-35-27/h6-13,15-18,20H,14H2,1-5H3,(H,37,39). The zero-order chi connectivity index (χ0) is 30.9. The zero-order valence-corrected chi connectivity index (χ0v) is 25.2. The fourth-order valence-corrected chi connectivity index (χ4v) is 5.93. The van der Waals surface area contributed by atoms with E-state index in [1.807, 2.05) is 20.8 Å². The molecule has 3 aromatic heterocycles. The number of hydrogen-bond donors (Lipinski definition) is 1. The van der Waals surface area contributed by atoms with E-state index in [4.69, 9.17) is 4.74 Å². The van der Waals surface area contributed by atoms with Crippen LogP contribution >= 0.6 is 0 Å². The lowest BCUT2D eigenvalue weighted by Crippen LogP contribution is -2.22. The molecule has 0 radical (unpaired) electrons. The Morgan fingerprint density at radius 1 is 1.07 bits per heavy atom. The fraction of sp³-hybridized carbons (Fsp3) is 0.258. The zero-order valence-electron chi connectivity index (χ0n) is 24.4. The van der Waals surface area contributed by atoms with Crippen molar-refractivity contribution in [2.24, 2.45) is 0 Å². The molecule has 1 unspecified atom stereocenters. The molecule has 2 aromatic carbocycles. The normalized spacial score (nSPS) is 12.7. The molecule has 5 rings (SSSR count). The maximum Gasteiger partial charge on any atom is 0.228 e. The van der Waals surface area contributed by atoms with Gasteiger partial charge in [-0.1, -0.05) is 6.07 Å². The van der Waals surface area contributed by atoms with Crippen molar-refractivity contribution in [2.75, 3.05) is 5.32 Å². The molecule has 0 saturated heterocycles. The third kappa shape index (κ3) is 6.38. The number of benzene rings is 2. The van der Waals surface area contributed by atoms with E-state index in [1.165, 1.54) is 43.0 Å². The van der Waals surface area contributed by atoms with Crippen LogP contribution < -0.4 is 10.1 Å². The van der Waals surface area contributed by atoms with Crippen molar-refractivity contribution in [3.8, 4) is 11.5 Å². The number of fused-ring (bicyclic) bond motifs is 1. The highest BCUT2D eigenvalue weighted by atomic mass is 32.2. The van der Waals surface area contributed by atoms with E-state index in [9.17, 15) is 13.2 Å². The first kappa shape index (κ1) is 29.8. The van der Waals surface area contributed by atoms with E-state index in [2.05, 4.69) is 25.4 Å². The summed E-state index contributed by atoms with van der Waals surface area (Å²) in [7, 11) is -3.84. The molecule has 10 nitrogen and oxygen atoms in total. The van der Waals surface area contributed by atoms with Crippen LogP contribution in [0.25, 0.3) is 10.9 Å². The fourth-order valence-electron chi connectivity index (χ4n) is 4.54. The van der Waals surface area contributed by atoms with Crippen molar-refractivity contribution < 1.29 is 22.3 Å². The van der Waals surface area contributed by atoms with E-state index in [-0.39, 0.29) is 34.3 Å². The van der Waals surface area contributed by atoms with Gasteiger partial charge in [0.25, 0.3) is 0 Å². The van der Waals surface area contributed by atoms with E-state index in [0.29, 0.717) is 33.4 Å². The molecule has 1 amide bonds. The van der Waals surface area contributed by atoms with E-state index in [1.54, 1.807) is 49.1 Å². The Bertz CT molecular complexity index is 1900. The van der Waals surface area contributed by atoms with Crippen LogP contribution in [0.2, 0.25) is 0 Å². The second kappa shape index (κ2) is 11.5. The number of aromatic nitrogens is 5. The van der Waals surface area contributed by atoms with E-state index < -0.39 is 20.9 Å². The lowest BCUT2D eigenvalue weighted by molar-refractivity contribution is -0.115. The number of ether oxygens (including phenoxy) is 1. The van der Waals surface area contributed by atoms with Gasteiger partial charge in [-0.25, -0.2) is 12.8 Å². The van der Waals surface area contributed by atoms with Crippen molar-refractivity contribution in [2.45, 2.75) is 56.7 Å². The van der Waals surface area contributed by atoms with E-state index >= 15 is 4.39 Å². The Kier molecular flexibility index (Phi) is 7.98. The number of anilines is 1. The topological polar surface area (TPSA) is 129 Å². The average molecular weight is 603 g/mol. The van der Waals surface area contributed by atoms with Crippen LogP contribution in [0.15, 0.2) is 78.5 Å². The molecule has 1 atom stereocenters. The first-order chi connectivity index (χ1) is 20.3. The van der Waals surface area contributed by atoms with E-state index in [0.717, 1.165) is 0 Å². The van der Waals surface area contributed by atoms with Crippen molar-refractivity contribution in [1.82, 2.24) is 24.7 Å². The van der Waals surface area contributed by atoms with Gasteiger partial charge < -0.3 is 10.1 Å². The Hall–Kier alpha value is -4.71. The number of nitrogens with one attached hydrogen (secondary N) is 1. The molecule has 0 aliphatic heterocycles. The van der Waals surface area contributed by atoms with Gasteiger partial charge in [0.2, 0.25) is 5.91 Å². The predicted molar refractivity (Wildman–Crippen MR) is 160 cm³/mol. The molecule has 1 N–H and O–H groups in total. The number of amides is 1. The van der Waals surface area contributed by atoms with Gasteiger partial charge in [-0.2, -0.15) is 5.10 Å². The highest BCUT2D eigenvalue weighted by molar-refractivity contribution is 7.91. The molecule has 0 saturated carbocycles. The summed E-state index contributed by atoms with van der Waals surface area (Å²) in [5.74, 6) is -0.777. The third-order valence-electron chi connectivity index (χ3n) is 6.89. The molecule has 0 spiro atoms. The van der Waals surface area contributed by atoms with Gasteiger partial charge >= 0.3 is 0 Å². The third-order valence-corrected chi connectivity index (χ3v) is 8.97. The van der Waals surface area contributed by atoms with Gasteiger partial charge in [0.1, 0.15) is 11.0 Å². The molecular weight excluding hydrogens is 571 g/mol. The second-order valence-corrected chi connectivity index (χ2v) is 13.5. The quantitative estimate of drug-likeness (QED) is 0.231. The molecule has 0 bridgehead atoms. The van der Waals surface area contributed by atoms with Crippen molar-refractivity contribution in [3.63, 3.8) is 0 Å². The Morgan fingerprint density at radius 3 is 2.53 bits per heavy atom. The van der Waals surface area contributed by atoms with Crippen LogP contribution in [0, 0.1) is 12.7 Å². The monoisotopic (exact) mass is 602 g/mol. The molecule has 3 heterocycles. The summed E-state index contributed by atoms with van der Waals surface area (Å²) >= 11 is 0. The van der Waals surface area contributed by atoms with Crippen molar-refractivity contribution >= 4 is 32.3 Å². The predicted octanol–water partition coefficient (Wildman–Crippen LogP) is 5.93. The smallest absolute Gasteiger partial charge is 0.228 e. The molecular formula is C31H31FN6O4S. The van der Waals surface area contributed by atoms with Gasteiger partial charge in [0, 0.05) is 36.4 Å². The molecule has 12 heteroatoms. The van der Waals surface area contributed by atoms with Crippen LogP contribution in [0.1, 0.15) is 49.8 Å². The number of nitrogens with zero attached hydrogens (tertiary/aromatic N) is 5. The number of sulfone groups is 1.